The van der Waals surface area contributed by atoms with Gasteiger partial charge in [0, 0.05) is 6.04 Å². The molecule has 0 spiro atoms. The van der Waals surface area contributed by atoms with Crippen LogP contribution in [0.25, 0.3) is 0 Å². The van der Waals surface area contributed by atoms with Gasteiger partial charge >= 0.3 is 0 Å². The molecule has 0 aliphatic carbocycles. The van der Waals surface area contributed by atoms with Crippen LogP contribution in [0.1, 0.15) is 30.0 Å². The zero-order valence-corrected chi connectivity index (χ0v) is 11.9. The second-order valence-electron chi connectivity index (χ2n) is 4.41. The van der Waals surface area contributed by atoms with Crippen molar-refractivity contribution in [3.8, 4) is 0 Å². The largest absolute Gasteiger partial charge is 0.360 e. The van der Waals surface area contributed by atoms with E-state index >= 15 is 0 Å². The molecule has 0 amide bonds. The van der Waals surface area contributed by atoms with Crippen molar-refractivity contribution in [1.29, 1.82) is 0 Å². The Balaban J connectivity index is 2.28. The van der Waals surface area contributed by atoms with Crippen molar-refractivity contribution in [1.82, 2.24) is 9.88 Å². The second-order valence-corrected chi connectivity index (χ2v) is 6.06. The molecule has 2 rings (SSSR count). The van der Waals surface area contributed by atoms with Crippen LogP contribution >= 0.6 is 0 Å². The van der Waals surface area contributed by atoms with Crippen molar-refractivity contribution in [3.63, 3.8) is 0 Å². The predicted molar refractivity (Wildman–Crippen MR) is 71.2 cm³/mol. The third-order valence-electron chi connectivity index (χ3n) is 2.87. The molecule has 6 heteroatoms. The summed E-state index contributed by atoms with van der Waals surface area (Å²) in [6.45, 7) is 4.99. The van der Waals surface area contributed by atoms with Gasteiger partial charge in [-0.25, -0.2) is 13.1 Å². The van der Waals surface area contributed by atoms with E-state index in [9.17, 15) is 8.42 Å². The quantitative estimate of drug-likeness (QED) is 0.933. The summed E-state index contributed by atoms with van der Waals surface area (Å²) >= 11 is 0. The Kier molecular flexibility index (Phi) is 3.73. The molecule has 1 N–H and O–H groups in total. The Labute approximate surface area is 112 Å². The Hall–Kier alpha value is -1.66. The lowest BCUT2D eigenvalue weighted by molar-refractivity contribution is 0.390. The van der Waals surface area contributed by atoms with Gasteiger partial charge in [0.15, 0.2) is 5.76 Å². The van der Waals surface area contributed by atoms with E-state index in [0.717, 1.165) is 5.56 Å². The number of nitrogens with one attached hydrogen (secondary N) is 1. The van der Waals surface area contributed by atoms with Gasteiger partial charge in [0.1, 0.15) is 10.6 Å². The summed E-state index contributed by atoms with van der Waals surface area (Å²) in [5.74, 6) is 0.297. The van der Waals surface area contributed by atoms with E-state index in [0.29, 0.717) is 11.5 Å². The fraction of sp³-hybridized carbons (Fsp3) is 0.308. The van der Waals surface area contributed by atoms with Crippen LogP contribution in [0.5, 0.6) is 0 Å². The lowest BCUT2D eigenvalue weighted by atomic mass is 10.1. The minimum atomic E-state index is -3.63. The van der Waals surface area contributed by atoms with Gasteiger partial charge < -0.3 is 4.52 Å². The van der Waals surface area contributed by atoms with Crippen molar-refractivity contribution in [3.05, 3.63) is 47.3 Å². The Morgan fingerprint density at radius 3 is 2.37 bits per heavy atom. The predicted octanol–water partition coefficient (Wildman–Crippen LogP) is 2.33. The Morgan fingerprint density at radius 1 is 1.21 bits per heavy atom. The lowest BCUT2D eigenvalue weighted by Gasteiger charge is -2.14. The van der Waals surface area contributed by atoms with Gasteiger partial charge in [-0.2, -0.15) is 0 Å². The zero-order chi connectivity index (χ0) is 14.0. The van der Waals surface area contributed by atoms with Gasteiger partial charge in [-0.3, -0.25) is 0 Å². The Morgan fingerprint density at radius 2 is 1.84 bits per heavy atom. The third kappa shape index (κ3) is 2.85. The van der Waals surface area contributed by atoms with Gasteiger partial charge in [-0.1, -0.05) is 35.5 Å². The molecule has 0 fully saturated rings. The highest BCUT2D eigenvalue weighted by atomic mass is 32.2. The molecule has 1 aromatic carbocycles. The van der Waals surface area contributed by atoms with E-state index in [1.54, 1.807) is 20.8 Å². The summed E-state index contributed by atoms with van der Waals surface area (Å²) in [6.07, 6.45) is 0. The minimum Gasteiger partial charge on any atom is -0.360 e. The molecule has 0 unspecified atom stereocenters. The summed E-state index contributed by atoms with van der Waals surface area (Å²) in [6, 6.07) is 9.06. The molecule has 0 aliphatic rings. The van der Waals surface area contributed by atoms with E-state index in [-0.39, 0.29) is 10.9 Å². The fourth-order valence-electron chi connectivity index (χ4n) is 1.96. The summed E-state index contributed by atoms with van der Waals surface area (Å²) in [4.78, 5) is 0.121. The monoisotopic (exact) mass is 280 g/mol. The lowest BCUT2D eigenvalue weighted by Crippen LogP contribution is -2.27. The van der Waals surface area contributed by atoms with Gasteiger partial charge in [-0.05, 0) is 26.3 Å². The van der Waals surface area contributed by atoms with E-state index in [1.165, 1.54) is 0 Å². The SMILES string of the molecule is Cc1noc(C)c1S(=O)(=O)N[C@@H](C)c1ccccc1. The van der Waals surface area contributed by atoms with Gasteiger partial charge in [0.05, 0.1) is 0 Å². The summed E-state index contributed by atoms with van der Waals surface area (Å²) < 4.78 is 32.1. The molecule has 0 radical (unpaired) electrons. The van der Waals surface area contributed by atoms with Crippen LogP contribution in [0.2, 0.25) is 0 Å². The van der Waals surface area contributed by atoms with E-state index in [1.807, 2.05) is 30.3 Å². The van der Waals surface area contributed by atoms with Crippen molar-refractivity contribution in [2.24, 2.45) is 0 Å². The molecule has 1 aromatic heterocycles. The molecule has 2 aromatic rings. The van der Waals surface area contributed by atoms with Crippen LogP contribution in [0.3, 0.4) is 0 Å². The van der Waals surface area contributed by atoms with Crippen LogP contribution in [0, 0.1) is 13.8 Å². The van der Waals surface area contributed by atoms with E-state index < -0.39 is 10.0 Å². The highest BCUT2D eigenvalue weighted by Crippen LogP contribution is 2.21. The van der Waals surface area contributed by atoms with Crippen molar-refractivity contribution in [2.75, 3.05) is 0 Å². The maximum Gasteiger partial charge on any atom is 0.246 e. The van der Waals surface area contributed by atoms with Crippen LogP contribution in [0.4, 0.5) is 0 Å². The molecule has 1 atom stereocenters. The number of sulfonamides is 1. The Bertz CT molecular complexity index is 643. The molecular formula is C13H16N2O3S. The molecule has 0 bridgehead atoms. The average molecular weight is 280 g/mol. The first kappa shape index (κ1) is 13.8. The number of nitrogens with zero attached hydrogens (tertiary/aromatic N) is 1. The van der Waals surface area contributed by atoms with Crippen molar-refractivity contribution < 1.29 is 12.9 Å². The van der Waals surface area contributed by atoms with Crippen molar-refractivity contribution in [2.45, 2.75) is 31.7 Å². The third-order valence-corrected chi connectivity index (χ3v) is 4.65. The normalized spacial score (nSPS) is 13.4. The van der Waals surface area contributed by atoms with E-state index in [2.05, 4.69) is 9.88 Å². The smallest absolute Gasteiger partial charge is 0.246 e. The van der Waals surface area contributed by atoms with Gasteiger partial charge in [0.25, 0.3) is 0 Å². The fourth-order valence-corrected chi connectivity index (χ4v) is 3.52. The second kappa shape index (κ2) is 5.14. The highest BCUT2D eigenvalue weighted by molar-refractivity contribution is 7.89. The topological polar surface area (TPSA) is 72.2 Å². The molecule has 0 saturated carbocycles. The standard InChI is InChI=1S/C13H16N2O3S/c1-9(12-7-5-4-6-8-12)15-19(16,17)13-10(2)14-18-11(13)3/h4-9,15H,1-3H3/t9-/m0/s1. The average Bonchev–Trinajstić information content (AvgIpc) is 2.70. The van der Waals surface area contributed by atoms with Gasteiger partial charge in [-0.15, -0.1) is 0 Å². The maximum atomic E-state index is 12.3. The zero-order valence-electron chi connectivity index (χ0n) is 11.0. The molecule has 0 saturated heterocycles. The number of hydrogen-bond acceptors (Lipinski definition) is 4. The first-order valence-corrected chi connectivity index (χ1v) is 7.40. The maximum absolute atomic E-state index is 12.3. The van der Waals surface area contributed by atoms with Crippen LogP contribution < -0.4 is 4.72 Å². The number of benzene rings is 1. The molecule has 5 nitrogen and oxygen atoms in total. The highest BCUT2D eigenvalue weighted by Gasteiger charge is 2.26. The van der Waals surface area contributed by atoms with Crippen LogP contribution in [-0.4, -0.2) is 13.6 Å². The molecular weight excluding hydrogens is 264 g/mol. The molecule has 0 aliphatic heterocycles. The summed E-state index contributed by atoms with van der Waals surface area (Å²) in [5, 5.41) is 3.67. The minimum absolute atomic E-state index is 0.121. The van der Waals surface area contributed by atoms with Gasteiger partial charge in [0.2, 0.25) is 10.0 Å². The first-order chi connectivity index (χ1) is 8.92. The summed E-state index contributed by atoms with van der Waals surface area (Å²) in [5.41, 5.74) is 1.27. The molecule has 19 heavy (non-hydrogen) atoms. The summed E-state index contributed by atoms with van der Waals surface area (Å²) in [7, 11) is -3.63. The molecule has 102 valence electrons. The van der Waals surface area contributed by atoms with Crippen molar-refractivity contribution >= 4 is 10.0 Å². The van der Waals surface area contributed by atoms with Crippen LogP contribution in [0.15, 0.2) is 39.8 Å². The number of aryl methyl sites for hydroxylation is 2. The van der Waals surface area contributed by atoms with E-state index in [4.69, 9.17) is 4.52 Å². The molecule has 1 heterocycles. The number of aromatic nitrogens is 1. The number of rotatable bonds is 4. The van der Waals surface area contributed by atoms with Crippen LogP contribution in [-0.2, 0) is 10.0 Å². The first-order valence-electron chi connectivity index (χ1n) is 5.92. The number of hydrogen-bond donors (Lipinski definition) is 1.